The molecule has 7 nitrogen and oxygen atoms in total. The van der Waals surface area contributed by atoms with Gasteiger partial charge in [-0.1, -0.05) is 17.7 Å². The standard InChI is InChI=1S/C20H23NO6S/c1-5-27-20(22)13-19(15-10-16(25-3)12-17(11-15)26-4)21-28(23,24)18-8-6-14(2)7-9-18/h6-13,21H,5H2,1-4H3/b19-13-. The maximum atomic E-state index is 12.8. The first-order valence-electron chi connectivity index (χ1n) is 8.50. The van der Waals surface area contributed by atoms with E-state index in [4.69, 9.17) is 14.2 Å². The largest absolute Gasteiger partial charge is 0.497 e. The molecule has 0 atom stereocenters. The molecule has 0 heterocycles. The first-order valence-corrected chi connectivity index (χ1v) is 9.98. The number of carbonyl (C=O) groups excluding carboxylic acids is 1. The highest BCUT2D eigenvalue weighted by Crippen LogP contribution is 2.27. The Morgan fingerprint density at radius 3 is 2.11 bits per heavy atom. The van der Waals surface area contributed by atoms with Gasteiger partial charge in [0.25, 0.3) is 10.0 Å². The normalized spacial score (nSPS) is 11.6. The second-order valence-electron chi connectivity index (χ2n) is 5.83. The molecular formula is C20H23NO6S. The predicted molar refractivity (Wildman–Crippen MR) is 106 cm³/mol. The Labute approximate surface area is 165 Å². The molecule has 2 aromatic carbocycles. The van der Waals surface area contributed by atoms with Crippen LogP contribution in [0.2, 0.25) is 0 Å². The summed E-state index contributed by atoms with van der Waals surface area (Å²) in [6.45, 7) is 3.68. The Kier molecular flexibility index (Phi) is 7.06. The minimum absolute atomic E-state index is 0.0382. The van der Waals surface area contributed by atoms with Crippen LogP contribution in [0.4, 0.5) is 0 Å². The van der Waals surface area contributed by atoms with Crippen LogP contribution in [0.1, 0.15) is 18.1 Å². The van der Waals surface area contributed by atoms with Crippen LogP contribution >= 0.6 is 0 Å². The molecule has 0 saturated heterocycles. The van der Waals surface area contributed by atoms with Crippen molar-refractivity contribution in [3.8, 4) is 11.5 Å². The molecule has 0 aliphatic carbocycles. The quantitative estimate of drug-likeness (QED) is 0.536. The highest BCUT2D eigenvalue weighted by molar-refractivity contribution is 7.89. The summed E-state index contributed by atoms with van der Waals surface area (Å²) in [7, 11) is -0.980. The Morgan fingerprint density at radius 2 is 1.61 bits per heavy atom. The fraction of sp³-hybridized carbons (Fsp3) is 0.250. The zero-order chi connectivity index (χ0) is 20.7. The number of ether oxygens (including phenoxy) is 3. The van der Waals surface area contributed by atoms with Crippen LogP contribution in [0.3, 0.4) is 0 Å². The Hall–Kier alpha value is -3.00. The molecule has 150 valence electrons. The maximum absolute atomic E-state index is 12.8. The third-order valence-corrected chi connectivity index (χ3v) is 5.17. The maximum Gasteiger partial charge on any atom is 0.332 e. The van der Waals surface area contributed by atoms with Crippen molar-refractivity contribution in [1.82, 2.24) is 4.72 Å². The number of nitrogens with one attached hydrogen (secondary N) is 1. The van der Waals surface area contributed by atoms with E-state index in [1.807, 2.05) is 6.92 Å². The number of aryl methyl sites for hydroxylation is 1. The van der Waals surface area contributed by atoms with Gasteiger partial charge in [-0.05, 0) is 38.1 Å². The van der Waals surface area contributed by atoms with Crippen molar-refractivity contribution in [1.29, 1.82) is 0 Å². The van der Waals surface area contributed by atoms with E-state index in [1.165, 1.54) is 26.4 Å². The van der Waals surface area contributed by atoms with E-state index in [-0.39, 0.29) is 17.2 Å². The van der Waals surface area contributed by atoms with Gasteiger partial charge in [-0.3, -0.25) is 4.72 Å². The number of hydrogen-bond acceptors (Lipinski definition) is 6. The molecule has 8 heteroatoms. The van der Waals surface area contributed by atoms with Crippen LogP contribution in [-0.4, -0.2) is 35.2 Å². The van der Waals surface area contributed by atoms with Crippen LogP contribution < -0.4 is 14.2 Å². The molecule has 28 heavy (non-hydrogen) atoms. The molecule has 2 aromatic rings. The predicted octanol–water partition coefficient (Wildman–Crippen LogP) is 2.89. The van der Waals surface area contributed by atoms with Gasteiger partial charge in [0, 0.05) is 17.7 Å². The van der Waals surface area contributed by atoms with Crippen molar-refractivity contribution in [2.24, 2.45) is 0 Å². The lowest BCUT2D eigenvalue weighted by Crippen LogP contribution is -2.23. The van der Waals surface area contributed by atoms with E-state index < -0.39 is 16.0 Å². The molecule has 0 spiro atoms. The molecule has 0 unspecified atom stereocenters. The highest BCUT2D eigenvalue weighted by Gasteiger charge is 2.19. The molecule has 2 rings (SSSR count). The van der Waals surface area contributed by atoms with E-state index in [9.17, 15) is 13.2 Å². The number of benzene rings is 2. The summed E-state index contributed by atoms with van der Waals surface area (Å²) in [6.07, 6.45) is 1.09. The van der Waals surface area contributed by atoms with Gasteiger partial charge in [0.2, 0.25) is 0 Å². The van der Waals surface area contributed by atoms with Crippen molar-refractivity contribution in [3.63, 3.8) is 0 Å². The number of esters is 1. The first kappa shape index (κ1) is 21.3. The molecule has 0 aliphatic rings. The van der Waals surface area contributed by atoms with Crippen molar-refractivity contribution in [2.75, 3.05) is 20.8 Å². The Morgan fingerprint density at radius 1 is 1.04 bits per heavy atom. The van der Waals surface area contributed by atoms with Gasteiger partial charge in [0.1, 0.15) is 11.5 Å². The zero-order valence-corrected chi connectivity index (χ0v) is 17.0. The van der Waals surface area contributed by atoms with Crippen LogP contribution in [0, 0.1) is 6.92 Å². The lowest BCUT2D eigenvalue weighted by atomic mass is 10.1. The molecule has 1 N–H and O–H groups in total. The second kappa shape index (κ2) is 9.27. The average molecular weight is 405 g/mol. The molecule has 0 radical (unpaired) electrons. The van der Waals surface area contributed by atoms with Crippen molar-refractivity contribution in [2.45, 2.75) is 18.7 Å². The monoisotopic (exact) mass is 405 g/mol. The van der Waals surface area contributed by atoms with Crippen molar-refractivity contribution in [3.05, 3.63) is 59.7 Å². The average Bonchev–Trinajstić information content (AvgIpc) is 2.67. The van der Waals surface area contributed by atoms with Crippen LogP contribution in [0.15, 0.2) is 53.4 Å². The summed E-state index contributed by atoms with van der Waals surface area (Å²) in [5, 5.41) is 0. The third kappa shape index (κ3) is 5.50. The number of sulfonamides is 1. The van der Waals surface area contributed by atoms with Crippen LogP contribution in [0.25, 0.3) is 5.70 Å². The molecule has 0 bridgehead atoms. The van der Waals surface area contributed by atoms with Gasteiger partial charge in [0.15, 0.2) is 0 Å². The summed E-state index contributed by atoms with van der Waals surface area (Å²) < 4.78 is 43.5. The second-order valence-corrected chi connectivity index (χ2v) is 7.51. The Balaban J connectivity index is 2.51. The van der Waals surface area contributed by atoms with E-state index >= 15 is 0 Å². The topological polar surface area (TPSA) is 90.9 Å². The van der Waals surface area contributed by atoms with Gasteiger partial charge >= 0.3 is 5.97 Å². The van der Waals surface area contributed by atoms with E-state index in [2.05, 4.69) is 4.72 Å². The minimum Gasteiger partial charge on any atom is -0.497 e. The molecular weight excluding hydrogens is 382 g/mol. The van der Waals surface area contributed by atoms with Crippen LogP contribution in [0.5, 0.6) is 11.5 Å². The number of rotatable bonds is 8. The molecule has 0 fully saturated rings. The summed E-state index contributed by atoms with van der Waals surface area (Å²) in [4.78, 5) is 12.1. The summed E-state index contributed by atoms with van der Waals surface area (Å²) >= 11 is 0. The number of methoxy groups -OCH3 is 2. The van der Waals surface area contributed by atoms with Gasteiger partial charge < -0.3 is 14.2 Å². The molecule has 0 aliphatic heterocycles. The Bertz CT molecular complexity index is 942. The zero-order valence-electron chi connectivity index (χ0n) is 16.2. The number of carbonyl (C=O) groups is 1. The highest BCUT2D eigenvalue weighted by atomic mass is 32.2. The lowest BCUT2D eigenvalue weighted by Gasteiger charge is -2.14. The number of hydrogen-bond donors (Lipinski definition) is 1. The summed E-state index contributed by atoms with van der Waals surface area (Å²) in [5.74, 6) is 0.211. The molecule has 0 aromatic heterocycles. The summed E-state index contributed by atoms with van der Waals surface area (Å²) in [6, 6.07) is 11.2. The van der Waals surface area contributed by atoms with Crippen molar-refractivity contribution >= 4 is 21.7 Å². The van der Waals surface area contributed by atoms with Crippen LogP contribution in [-0.2, 0) is 19.6 Å². The summed E-state index contributed by atoms with van der Waals surface area (Å²) in [5.41, 5.74) is 1.36. The third-order valence-electron chi connectivity index (χ3n) is 3.79. The van der Waals surface area contributed by atoms with E-state index in [0.29, 0.717) is 17.1 Å². The SMILES string of the molecule is CCOC(=O)/C=C(\NS(=O)(=O)c1ccc(C)cc1)c1cc(OC)cc(OC)c1. The molecule has 0 saturated carbocycles. The lowest BCUT2D eigenvalue weighted by molar-refractivity contribution is -0.137. The van der Waals surface area contributed by atoms with Gasteiger partial charge in [-0.25, -0.2) is 13.2 Å². The van der Waals surface area contributed by atoms with Crippen molar-refractivity contribution < 1.29 is 27.4 Å². The molecule has 0 amide bonds. The fourth-order valence-electron chi connectivity index (χ4n) is 2.36. The van der Waals surface area contributed by atoms with Gasteiger partial charge in [-0.15, -0.1) is 0 Å². The van der Waals surface area contributed by atoms with Gasteiger partial charge in [0.05, 0.1) is 31.4 Å². The first-order chi connectivity index (χ1) is 13.3. The van der Waals surface area contributed by atoms with E-state index in [0.717, 1.165) is 11.6 Å². The minimum atomic E-state index is -3.93. The van der Waals surface area contributed by atoms with E-state index in [1.54, 1.807) is 37.3 Å². The smallest absolute Gasteiger partial charge is 0.332 e. The fourth-order valence-corrected chi connectivity index (χ4v) is 3.44. The van der Waals surface area contributed by atoms with Gasteiger partial charge in [-0.2, -0.15) is 0 Å².